The maximum Gasteiger partial charge on any atom is 0.218 e. The summed E-state index contributed by atoms with van der Waals surface area (Å²) >= 11 is 6.45. The van der Waals surface area contributed by atoms with E-state index in [1.807, 2.05) is 33.2 Å². The minimum atomic E-state index is -0.146. The van der Waals surface area contributed by atoms with Gasteiger partial charge in [0.25, 0.3) is 0 Å². The molecule has 1 unspecified atom stereocenters. The summed E-state index contributed by atoms with van der Waals surface area (Å²) in [6.07, 6.45) is 7.60. The molecule has 33 heavy (non-hydrogen) atoms. The van der Waals surface area contributed by atoms with E-state index in [0.717, 1.165) is 33.4 Å². The number of nitrogens with zero attached hydrogens (tertiary/aromatic N) is 4. The fourth-order valence-corrected chi connectivity index (χ4v) is 4.50. The molecule has 1 atom stereocenters. The van der Waals surface area contributed by atoms with Crippen LogP contribution in [0, 0.1) is 13.8 Å². The molecule has 1 fully saturated rings. The number of halogens is 1. The van der Waals surface area contributed by atoms with E-state index in [1.54, 1.807) is 7.11 Å². The fourth-order valence-electron chi connectivity index (χ4n) is 4.36. The van der Waals surface area contributed by atoms with Crippen molar-refractivity contribution in [3.05, 3.63) is 58.4 Å². The normalized spacial score (nSPS) is 14.8. The summed E-state index contributed by atoms with van der Waals surface area (Å²) in [5, 5.41) is 5.00. The molecule has 0 spiro atoms. The van der Waals surface area contributed by atoms with E-state index >= 15 is 0 Å². The molecule has 0 radical (unpaired) electrons. The zero-order valence-electron chi connectivity index (χ0n) is 19.2. The molecule has 170 valence electrons. The second-order valence-corrected chi connectivity index (χ2v) is 9.05. The van der Waals surface area contributed by atoms with Gasteiger partial charge in [0.15, 0.2) is 0 Å². The highest BCUT2D eigenvalue weighted by Gasteiger charge is 2.22. The number of nitrogens with one attached hydrogen (secondary N) is 2. The third-order valence-corrected chi connectivity index (χ3v) is 6.87. The van der Waals surface area contributed by atoms with E-state index in [1.165, 1.54) is 25.0 Å². The quantitative estimate of drug-likeness (QED) is 0.358. The summed E-state index contributed by atoms with van der Waals surface area (Å²) in [4.78, 5) is 21.6. The van der Waals surface area contributed by atoms with Crippen LogP contribution in [-0.4, -0.2) is 32.0 Å². The van der Waals surface area contributed by atoms with Gasteiger partial charge in [0.2, 0.25) is 5.88 Å². The Balaban J connectivity index is 1.50. The summed E-state index contributed by atoms with van der Waals surface area (Å²) in [6, 6.07) is 6.28. The first-order chi connectivity index (χ1) is 15.9. The zero-order valence-corrected chi connectivity index (χ0v) is 20.0. The highest BCUT2D eigenvalue weighted by molar-refractivity contribution is 6.33. The average molecular weight is 463 g/mol. The van der Waals surface area contributed by atoms with Gasteiger partial charge < -0.3 is 15.0 Å². The van der Waals surface area contributed by atoms with Gasteiger partial charge in [-0.15, -0.1) is 0 Å². The largest absolute Gasteiger partial charge is 0.481 e. The number of rotatable bonds is 6. The van der Waals surface area contributed by atoms with Crippen LogP contribution in [0.5, 0.6) is 5.88 Å². The Labute approximate surface area is 198 Å². The maximum absolute atomic E-state index is 6.45. The number of H-pyrrole nitrogens is 1. The summed E-state index contributed by atoms with van der Waals surface area (Å²) in [5.74, 6) is 2.42. The Hall–Kier alpha value is -3.19. The highest BCUT2D eigenvalue weighted by Crippen LogP contribution is 2.38. The third kappa shape index (κ3) is 4.02. The first-order valence-electron chi connectivity index (χ1n) is 11.2. The van der Waals surface area contributed by atoms with Crippen LogP contribution >= 0.6 is 11.6 Å². The molecule has 0 aromatic carbocycles. The lowest BCUT2D eigenvalue weighted by molar-refractivity contribution is 0.391. The molecule has 4 heterocycles. The summed E-state index contributed by atoms with van der Waals surface area (Å²) in [7, 11) is 1.63. The first kappa shape index (κ1) is 21.6. The average Bonchev–Trinajstić information content (AvgIpc) is 3.18. The van der Waals surface area contributed by atoms with Crippen molar-refractivity contribution in [2.45, 2.75) is 52.0 Å². The molecule has 8 heteroatoms. The van der Waals surface area contributed by atoms with Crippen LogP contribution < -0.4 is 10.1 Å². The number of hydrogen-bond donors (Lipinski definition) is 2. The minimum Gasteiger partial charge on any atom is -0.481 e. The molecule has 0 bridgehead atoms. The lowest BCUT2D eigenvalue weighted by Gasteiger charge is -2.24. The molecule has 1 saturated carbocycles. The molecular formula is C25H27ClN6O. The summed E-state index contributed by atoms with van der Waals surface area (Å²) in [6.45, 7) is 5.76. The number of aryl methyl sites for hydroxylation is 2. The standard InChI is InChI=1S/C25H27ClN6O/c1-13(30-24-22(26)14(2)29-15(3)31-24)19-10-17(11-28-25(19)33-4)20-12-27-23-18(20)8-9-21(32-23)16-6-5-7-16/h8-13,16H,5-7H2,1-4H3,(H,27,32)(H,29,30,31). The molecule has 1 aliphatic rings. The maximum atomic E-state index is 6.45. The molecule has 2 N–H and O–H groups in total. The van der Waals surface area contributed by atoms with Crippen LogP contribution in [0.15, 0.2) is 30.6 Å². The number of aromatic nitrogens is 5. The van der Waals surface area contributed by atoms with Crippen molar-refractivity contribution < 1.29 is 4.74 Å². The van der Waals surface area contributed by atoms with Gasteiger partial charge in [0.1, 0.15) is 22.3 Å². The van der Waals surface area contributed by atoms with Crippen LogP contribution in [0.2, 0.25) is 5.02 Å². The topological polar surface area (TPSA) is 88.6 Å². The van der Waals surface area contributed by atoms with E-state index in [-0.39, 0.29) is 6.04 Å². The van der Waals surface area contributed by atoms with Crippen molar-refractivity contribution in [2.24, 2.45) is 0 Å². The number of methoxy groups -OCH3 is 1. The fraction of sp³-hybridized carbons (Fsp3) is 0.360. The number of pyridine rings is 2. The van der Waals surface area contributed by atoms with E-state index in [0.29, 0.717) is 28.5 Å². The molecule has 1 aliphatic carbocycles. The van der Waals surface area contributed by atoms with Crippen LogP contribution in [0.4, 0.5) is 5.82 Å². The van der Waals surface area contributed by atoms with Crippen molar-refractivity contribution >= 4 is 28.5 Å². The smallest absolute Gasteiger partial charge is 0.218 e. The van der Waals surface area contributed by atoms with Crippen molar-refractivity contribution in [1.82, 2.24) is 24.9 Å². The summed E-state index contributed by atoms with van der Waals surface area (Å²) in [5.41, 5.74) is 5.80. The SMILES string of the molecule is COc1ncc(-c2c[nH]c3nc(C4CCC4)ccc23)cc1C(C)Nc1nc(C)nc(C)c1Cl. The first-order valence-corrected chi connectivity index (χ1v) is 11.6. The third-order valence-electron chi connectivity index (χ3n) is 6.42. The van der Waals surface area contributed by atoms with Gasteiger partial charge in [-0.05, 0) is 51.8 Å². The Morgan fingerprint density at radius 3 is 2.73 bits per heavy atom. The Bertz CT molecular complexity index is 1330. The van der Waals surface area contributed by atoms with Crippen LogP contribution in [-0.2, 0) is 0 Å². The Morgan fingerprint density at radius 2 is 2.00 bits per heavy atom. The van der Waals surface area contributed by atoms with Gasteiger partial charge >= 0.3 is 0 Å². The molecule has 4 aromatic rings. The van der Waals surface area contributed by atoms with Gasteiger partial charge in [0.05, 0.1) is 18.8 Å². The van der Waals surface area contributed by atoms with Gasteiger partial charge in [-0.2, -0.15) is 0 Å². The Kier molecular flexibility index (Phi) is 5.66. The highest BCUT2D eigenvalue weighted by atomic mass is 35.5. The number of hydrogen-bond acceptors (Lipinski definition) is 6. The van der Waals surface area contributed by atoms with Gasteiger partial charge in [0, 0.05) is 46.1 Å². The molecule has 4 aromatic heterocycles. The van der Waals surface area contributed by atoms with Gasteiger partial charge in [-0.1, -0.05) is 18.0 Å². The van der Waals surface area contributed by atoms with Crippen molar-refractivity contribution in [1.29, 1.82) is 0 Å². The Morgan fingerprint density at radius 1 is 1.18 bits per heavy atom. The van der Waals surface area contributed by atoms with E-state index in [9.17, 15) is 0 Å². The van der Waals surface area contributed by atoms with Crippen LogP contribution in [0.1, 0.15) is 60.9 Å². The van der Waals surface area contributed by atoms with E-state index in [4.69, 9.17) is 21.3 Å². The van der Waals surface area contributed by atoms with Crippen LogP contribution in [0.3, 0.4) is 0 Å². The minimum absolute atomic E-state index is 0.146. The lowest BCUT2D eigenvalue weighted by Crippen LogP contribution is -2.12. The second-order valence-electron chi connectivity index (χ2n) is 8.67. The van der Waals surface area contributed by atoms with Crippen LogP contribution in [0.25, 0.3) is 22.2 Å². The molecule has 0 aliphatic heterocycles. The number of anilines is 1. The van der Waals surface area contributed by atoms with Crippen molar-refractivity contribution in [3.63, 3.8) is 0 Å². The predicted octanol–water partition coefficient (Wildman–Crippen LogP) is 6.13. The van der Waals surface area contributed by atoms with E-state index in [2.05, 4.69) is 43.5 Å². The molecule has 0 saturated heterocycles. The van der Waals surface area contributed by atoms with Crippen molar-refractivity contribution in [3.8, 4) is 17.0 Å². The monoisotopic (exact) mass is 462 g/mol. The number of fused-ring (bicyclic) bond motifs is 1. The molecular weight excluding hydrogens is 436 g/mol. The summed E-state index contributed by atoms with van der Waals surface area (Å²) < 4.78 is 5.57. The molecule has 5 rings (SSSR count). The predicted molar refractivity (Wildman–Crippen MR) is 131 cm³/mol. The molecule has 0 amide bonds. The lowest BCUT2D eigenvalue weighted by atomic mass is 9.82. The molecule has 7 nitrogen and oxygen atoms in total. The number of aromatic amines is 1. The van der Waals surface area contributed by atoms with Gasteiger partial charge in [-0.25, -0.2) is 19.9 Å². The van der Waals surface area contributed by atoms with Crippen molar-refractivity contribution in [2.75, 3.05) is 12.4 Å². The second kappa shape index (κ2) is 8.63. The van der Waals surface area contributed by atoms with E-state index < -0.39 is 0 Å². The zero-order chi connectivity index (χ0) is 23.1. The number of ether oxygens (including phenoxy) is 1. The van der Waals surface area contributed by atoms with Gasteiger partial charge in [-0.3, -0.25) is 0 Å².